The van der Waals surface area contributed by atoms with E-state index in [1.54, 1.807) is 37.3 Å². The highest BCUT2D eigenvalue weighted by atomic mass is 19.2. The van der Waals surface area contributed by atoms with Crippen molar-refractivity contribution in [1.82, 2.24) is 9.97 Å². The van der Waals surface area contributed by atoms with Crippen LogP contribution in [0.2, 0.25) is 0 Å². The maximum atomic E-state index is 13.3. The van der Waals surface area contributed by atoms with Gasteiger partial charge in [0.15, 0.2) is 11.6 Å². The summed E-state index contributed by atoms with van der Waals surface area (Å²) in [6.45, 7) is 1.79. The van der Waals surface area contributed by atoms with Crippen LogP contribution in [-0.2, 0) is 0 Å². The van der Waals surface area contributed by atoms with E-state index in [-0.39, 0.29) is 5.95 Å². The zero-order valence-electron chi connectivity index (χ0n) is 13.2. The van der Waals surface area contributed by atoms with Gasteiger partial charge in [-0.05, 0) is 37.3 Å². The molecule has 0 saturated carbocycles. The van der Waals surface area contributed by atoms with Crippen molar-refractivity contribution < 1.29 is 8.78 Å². The second kappa shape index (κ2) is 6.93. The molecule has 25 heavy (non-hydrogen) atoms. The molecule has 0 amide bonds. The van der Waals surface area contributed by atoms with Crippen LogP contribution in [0.1, 0.15) is 11.3 Å². The summed E-state index contributed by atoms with van der Waals surface area (Å²) in [5, 5.41) is 14.9. The van der Waals surface area contributed by atoms with Gasteiger partial charge in [-0.15, -0.1) is 0 Å². The SMILES string of the molecule is Cc1cc(Nc2cccc(C#N)c2)nc(Nc2ccc(F)c(F)c2)n1. The Kier molecular flexibility index (Phi) is 4.53. The zero-order chi connectivity index (χ0) is 17.8. The van der Waals surface area contributed by atoms with Crippen molar-refractivity contribution in [2.75, 3.05) is 10.6 Å². The summed E-state index contributed by atoms with van der Waals surface area (Å²) in [6.07, 6.45) is 0. The highest BCUT2D eigenvalue weighted by Crippen LogP contribution is 2.21. The summed E-state index contributed by atoms with van der Waals surface area (Å²) in [4.78, 5) is 8.53. The van der Waals surface area contributed by atoms with Crippen molar-refractivity contribution in [2.24, 2.45) is 0 Å². The Morgan fingerprint density at radius 1 is 0.920 bits per heavy atom. The number of nitriles is 1. The van der Waals surface area contributed by atoms with Gasteiger partial charge in [0.25, 0.3) is 0 Å². The first-order valence-electron chi connectivity index (χ1n) is 7.38. The molecule has 0 bridgehead atoms. The normalized spacial score (nSPS) is 10.2. The molecule has 3 rings (SSSR count). The molecule has 124 valence electrons. The number of anilines is 4. The van der Waals surface area contributed by atoms with Crippen molar-refractivity contribution in [1.29, 1.82) is 5.26 Å². The van der Waals surface area contributed by atoms with Gasteiger partial charge in [-0.25, -0.2) is 13.8 Å². The van der Waals surface area contributed by atoms with Crippen LogP contribution in [0.5, 0.6) is 0 Å². The summed E-state index contributed by atoms with van der Waals surface area (Å²) < 4.78 is 26.3. The standard InChI is InChI=1S/C18H13F2N5/c1-11-7-17(23-13-4-2-3-12(8-13)10-21)25-18(22-11)24-14-5-6-15(19)16(20)9-14/h2-9H,1H3,(H2,22,23,24,25). The number of aryl methyl sites for hydroxylation is 1. The van der Waals surface area contributed by atoms with Crippen molar-refractivity contribution in [2.45, 2.75) is 6.92 Å². The highest BCUT2D eigenvalue weighted by Gasteiger charge is 2.07. The second-order valence-electron chi connectivity index (χ2n) is 5.29. The Hall–Kier alpha value is -3.53. The molecule has 0 saturated heterocycles. The van der Waals surface area contributed by atoms with E-state index in [0.29, 0.717) is 28.5 Å². The minimum absolute atomic E-state index is 0.241. The maximum Gasteiger partial charge on any atom is 0.229 e. The van der Waals surface area contributed by atoms with Gasteiger partial charge in [-0.3, -0.25) is 0 Å². The summed E-state index contributed by atoms with van der Waals surface area (Å²) in [6, 6.07) is 14.2. The molecule has 3 aromatic rings. The molecule has 5 nitrogen and oxygen atoms in total. The quantitative estimate of drug-likeness (QED) is 0.737. The van der Waals surface area contributed by atoms with Crippen LogP contribution in [0.15, 0.2) is 48.5 Å². The molecule has 0 radical (unpaired) electrons. The summed E-state index contributed by atoms with van der Waals surface area (Å²) >= 11 is 0. The minimum atomic E-state index is -0.954. The first kappa shape index (κ1) is 16.3. The number of rotatable bonds is 4. The van der Waals surface area contributed by atoms with E-state index in [0.717, 1.165) is 12.1 Å². The van der Waals surface area contributed by atoms with Crippen LogP contribution in [0.4, 0.5) is 31.9 Å². The molecule has 0 spiro atoms. The van der Waals surface area contributed by atoms with E-state index < -0.39 is 11.6 Å². The Bertz CT molecular complexity index is 966. The Labute approximate surface area is 143 Å². The van der Waals surface area contributed by atoms with E-state index in [1.165, 1.54) is 6.07 Å². The highest BCUT2D eigenvalue weighted by molar-refractivity contribution is 5.61. The van der Waals surface area contributed by atoms with Crippen LogP contribution < -0.4 is 10.6 Å². The summed E-state index contributed by atoms with van der Waals surface area (Å²) in [5.74, 6) is -1.13. The number of benzene rings is 2. The molecule has 2 aromatic carbocycles. The fourth-order valence-corrected chi connectivity index (χ4v) is 2.21. The van der Waals surface area contributed by atoms with Gasteiger partial charge in [-0.1, -0.05) is 6.07 Å². The number of nitrogens with zero attached hydrogens (tertiary/aromatic N) is 3. The third kappa shape index (κ3) is 4.06. The smallest absolute Gasteiger partial charge is 0.229 e. The van der Waals surface area contributed by atoms with E-state index in [2.05, 4.69) is 26.7 Å². The fraction of sp³-hybridized carbons (Fsp3) is 0.0556. The molecule has 0 atom stereocenters. The molecular weight excluding hydrogens is 324 g/mol. The van der Waals surface area contributed by atoms with E-state index in [4.69, 9.17) is 5.26 Å². The van der Waals surface area contributed by atoms with Gasteiger partial charge in [0.2, 0.25) is 5.95 Å². The summed E-state index contributed by atoms with van der Waals surface area (Å²) in [5.41, 5.74) is 2.24. The third-order valence-electron chi connectivity index (χ3n) is 3.29. The maximum absolute atomic E-state index is 13.3. The van der Waals surface area contributed by atoms with E-state index in [1.807, 2.05) is 0 Å². The number of hydrogen-bond donors (Lipinski definition) is 2. The fourth-order valence-electron chi connectivity index (χ4n) is 2.21. The predicted molar refractivity (Wildman–Crippen MR) is 90.8 cm³/mol. The molecular formula is C18H13F2N5. The van der Waals surface area contributed by atoms with Gasteiger partial charge < -0.3 is 10.6 Å². The number of halogens is 2. The molecule has 7 heteroatoms. The van der Waals surface area contributed by atoms with Crippen molar-refractivity contribution >= 4 is 23.1 Å². The Morgan fingerprint density at radius 3 is 2.48 bits per heavy atom. The van der Waals surface area contributed by atoms with Gasteiger partial charge in [0.1, 0.15) is 5.82 Å². The lowest BCUT2D eigenvalue weighted by atomic mass is 10.2. The molecule has 1 aromatic heterocycles. The zero-order valence-corrected chi connectivity index (χ0v) is 13.2. The van der Waals surface area contributed by atoms with Crippen molar-refractivity contribution in [3.63, 3.8) is 0 Å². The largest absolute Gasteiger partial charge is 0.340 e. The molecule has 0 aliphatic rings. The predicted octanol–water partition coefficient (Wildman–Crippen LogP) is 4.42. The third-order valence-corrected chi connectivity index (χ3v) is 3.29. The monoisotopic (exact) mass is 337 g/mol. The average molecular weight is 337 g/mol. The lowest BCUT2D eigenvalue weighted by Crippen LogP contribution is -2.03. The van der Waals surface area contributed by atoms with Crippen molar-refractivity contribution in [3.8, 4) is 6.07 Å². The van der Waals surface area contributed by atoms with Crippen molar-refractivity contribution in [3.05, 3.63) is 71.4 Å². The molecule has 0 fully saturated rings. The number of nitrogens with one attached hydrogen (secondary N) is 2. The number of aromatic nitrogens is 2. The lowest BCUT2D eigenvalue weighted by Gasteiger charge is -2.10. The Balaban J connectivity index is 1.84. The van der Waals surface area contributed by atoms with Gasteiger partial charge >= 0.3 is 0 Å². The van der Waals surface area contributed by atoms with Crippen LogP contribution in [0.25, 0.3) is 0 Å². The van der Waals surface area contributed by atoms with Gasteiger partial charge in [0.05, 0.1) is 11.6 Å². The molecule has 2 N–H and O–H groups in total. The molecule has 1 heterocycles. The van der Waals surface area contributed by atoms with Gasteiger partial charge in [-0.2, -0.15) is 10.2 Å². The minimum Gasteiger partial charge on any atom is -0.340 e. The molecule has 0 aliphatic heterocycles. The second-order valence-corrected chi connectivity index (χ2v) is 5.29. The first-order valence-corrected chi connectivity index (χ1v) is 7.38. The number of hydrogen-bond acceptors (Lipinski definition) is 5. The lowest BCUT2D eigenvalue weighted by molar-refractivity contribution is 0.509. The van der Waals surface area contributed by atoms with E-state index in [9.17, 15) is 8.78 Å². The molecule has 0 aliphatic carbocycles. The molecule has 0 unspecified atom stereocenters. The summed E-state index contributed by atoms with van der Waals surface area (Å²) in [7, 11) is 0. The Morgan fingerprint density at radius 2 is 1.72 bits per heavy atom. The van der Waals surface area contributed by atoms with E-state index >= 15 is 0 Å². The van der Waals surface area contributed by atoms with Crippen LogP contribution in [0, 0.1) is 29.9 Å². The van der Waals surface area contributed by atoms with Crippen LogP contribution in [-0.4, -0.2) is 9.97 Å². The van der Waals surface area contributed by atoms with Crippen LogP contribution in [0.3, 0.4) is 0 Å². The van der Waals surface area contributed by atoms with Crippen LogP contribution >= 0.6 is 0 Å². The van der Waals surface area contributed by atoms with Gasteiger partial charge in [0, 0.05) is 29.2 Å². The first-order chi connectivity index (χ1) is 12.0. The average Bonchev–Trinajstić information content (AvgIpc) is 2.58. The topological polar surface area (TPSA) is 73.6 Å².